The number of carbonyl (C=O) groups is 1. The Morgan fingerprint density at radius 2 is 2.24 bits per heavy atom. The van der Waals surface area contributed by atoms with Crippen LogP contribution in [0.4, 0.5) is 0 Å². The van der Waals surface area contributed by atoms with Gasteiger partial charge in [0.25, 0.3) is 0 Å². The molecule has 1 atom stereocenters. The maximum atomic E-state index is 12.0. The minimum Gasteiger partial charge on any atom is -0.378 e. The van der Waals surface area contributed by atoms with Crippen LogP contribution in [0.1, 0.15) is 19.8 Å². The highest BCUT2D eigenvalue weighted by Gasteiger charge is 2.34. The van der Waals surface area contributed by atoms with Gasteiger partial charge in [0.1, 0.15) is 6.04 Å². The zero-order valence-corrected chi connectivity index (χ0v) is 10.6. The average Bonchev–Trinajstić information content (AvgIpc) is 2.40. The SMILES string of the molecule is CCNC(=O)C1COCCN1C1CCNCC1. The number of hydrogen-bond donors (Lipinski definition) is 2. The lowest BCUT2D eigenvalue weighted by Gasteiger charge is -2.41. The Kier molecular flexibility index (Phi) is 4.76. The second-order valence-corrected chi connectivity index (χ2v) is 4.70. The lowest BCUT2D eigenvalue weighted by Crippen LogP contribution is -2.58. The molecule has 0 aromatic carbocycles. The molecule has 2 heterocycles. The summed E-state index contributed by atoms with van der Waals surface area (Å²) in [5.41, 5.74) is 0. The fraction of sp³-hybridized carbons (Fsp3) is 0.917. The van der Waals surface area contributed by atoms with E-state index in [2.05, 4.69) is 15.5 Å². The van der Waals surface area contributed by atoms with Gasteiger partial charge in [0.15, 0.2) is 0 Å². The smallest absolute Gasteiger partial charge is 0.239 e. The van der Waals surface area contributed by atoms with Gasteiger partial charge in [0.2, 0.25) is 5.91 Å². The van der Waals surface area contributed by atoms with Crippen molar-refractivity contribution in [3.8, 4) is 0 Å². The number of nitrogens with zero attached hydrogens (tertiary/aromatic N) is 1. The second-order valence-electron chi connectivity index (χ2n) is 4.70. The molecule has 2 rings (SSSR count). The molecule has 1 unspecified atom stereocenters. The average molecular weight is 241 g/mol. The van der Waals surface area contributed by atoms with E-state index in [-0.39, 0.29) is 11.9 Å². The summed E-state index contributed by atoms with van der Waals surface area (Å²) >= 11 is 0. The predicted octanol–water partition coefficient (Wildman–Crippen LogP) is -0.425. The predicted molar refractivity (Wildman–Crippen MR) is 65.9 cm³/mol. The van der Waals surface area contributed by atoms with Gasteiger partial charge in [-0.25, -0.2) is 0 Å². The fourth-order valence-electron chi connectivity index (χ4n) is 2.71. The Hall–Kier alpha value is -0.650. The van der Waals surface area contributed by atoms with Gasteiger partial charge in [-0.15, -0.1) is 0 Å². The molecule has 0 aromatic rings. The molecule has 0 radical (unpaired) electrons. The normalized spacial score (nSPS) is 27.9. The molecule has 2 N–H and O–H groups in total. The van der Waals surface area contributed by atoms with Crippen molar-refractivity contribution in [2.24, 2.45) is 0 Å². The Labute approximate surface area is 103 Å². The summed E-state index contributed by atoms with van der Waals surface area (Å²) in [6.07, 6.45) is 2.27. The Bertz CT molecular complexity index is 254. The molecule has 98 valence electrons. The van der Waals surface area contributed by atoms with Gasteiger partial charge in [-0.3, -0.25) is 9.69 Å². The molecule has 2 aliphatic heterocycles. The third-order valence-electron chi connectivity index (χ3n) is 3.60. The largest absolute Gasteiger partial charge is 0.378 e. The number of likely N-dealkylation sites (N-methyl/N-ethyl adjacent to an activating group) is 1. The summed E-state index contributed by atoms with van der Waals surface area (Å²) in [5.74, 6) is 0.116. The zero-order valence-electron chi connectivity index (χ0n) is 10.6. The van der Waals surface area contributed by atoms with Crippen molar-refractivity contribution in [2.75, 3.05) is 39.4 Å². The van der Waals surface area contributed by atoms with Gasteiger partial charge in [-0.1, -0.05) is 0 Å². The van der Waals surface area contributed by atoms with Gasteiger partial charge in [-0.05, 0) is 32.9 Å². The van der Waals surface area contributed by atoms with E-state index in [0.717, 1.165) is 39.1 Å². The third kappa shape index (κ3) is 3.18. The van der Waals surface area contributed by atoms with Crippen LogP contribution >= 0.6 is 0 Å². The molecule has 2 fully saturated rings. The van der Waals surface area contributed by atoms with Gasteiger partial charge in [0, 0.05) is 19.1 Å². The molecule has 17 heavy (non-hydrogen) atoms. The molecule has 2 saturated heterocycles. The van der Waals surface area contributed by atoms with E-state index in [1.54, 1.807) is 0 Å². The molecule has 0 aliphatic carbocycles. The minimum absolute atomic E-state index is 0.0909. The van der Waals surface area contributed by atoms with Crippen LogP contribution in [-0.4, -0.2) is 62.3 Å². The molecule has 0 aromatic heterocycles. The molecule has 5 nitrogen and oxygen atoms in total. The molecule has 0 spiro atoms. The van der Waals surface area contributed by atoms with E-state index in [1.165, 1.54) is 0 Å². The fourth-order valence-corrected chi connectivity index (χ4v) is 2.71. The molecule has 2 aliphatic rings. The molecular weight excluding hydrogens is 218 g/mol. The summed E-state index contributed by atoms with van der Waals surface area (Å²) in [6.45, 7) is 6.93. The number of hydrogen-bond acceptors (Lipinski definition) is 4. The molecule has 0 bridgehead atoms. The Balaban J connectivity index is 1.97. The van der Waals surface area contributed by atoms with Crippen molar-refractivity contribution in [3.63, 3.8) is 0 Å². The van der Waals surface area contributed by atoms with E-state index < -0.39 is 0 Å². The first-order chi connectivity index (χ1) is 8.33. The first kappa shape index (κ1) is 12.8. The molecule has 0 saturated carbocycles. The first-order valence-corrected chi connectivity index (χ1v) is 6.65. The second kappa shape index (κ2) is 6.33. The summed E-state index contributed by atoms with van der Waals surface area (Å²) in [4.78, 5) is 14.3. The quantitative estimate of drug-likeness (QED) is 0.704. The minimum atomic E-state index is -0.0909. The van der Waals surface area contributed by atoms with Gasteiger partial charge in [0.05, 0.1) is 13.2 Å². The van der Waals surface area contributed by atoms with Gasteiger partial charge in [-0.2, -0.15) is 0 Å². The van der Waals surface area contributed by atoms with E-state index in [9.17, 15) is 4.79 Å². The highest BCUT2D eigenvalue weighted by Crippen LogP contribution is 2.18. The summed E-state index contributed by atoms with van der Waals surface area (Å²) in [5, 5.41) is 6.27. The van der Waals surface area contributed by atoms with Crippen LogP contribution in [0.25, 0.3) is 0 Å². The Morgan fingerprint density at radius 3 is 2.94 bits per heavy atom. The third-order valence-corrected chi connectivity index (χ3v) is 3.60. The first-order valence-electron chi connectivity index (χ1n) is 6.65. The van der Waals surface area contributed by atoms with Crippen molar-refractivity contribution < 1.29 is 9.53 Å². The highest BCUT2D eigenvalue weighted by atomic mass is 16.5. The highest BCUT2D eigenvalue weighted by molar-refractivity contribution is 5.82. The Morgan fingerprint density at radius 1 is 1.47 bits per heavy atom. The van der Waals surface area contributed by atoms with E-state index >= 15 is 0 Å². The lowest BCUT2D eigenvalue weighted by molar-refractivity contribution is -0.135. The summed E-state index contributed by atoms with van der Waals surface area (Å²) < 4.78 is 5.45. The number of morpholine rings is 1. The van der Waals surface area contributed by atoms with Crippen LogP contribution in [0.2, 0.25) is 0 Å². The summed E-state index contributed by atoms with van der Waals surface area (Å²) in [7, 11) is 0. The lowest BCUT2D eigenvalue weighted by atomic mass is 10.0. The monoisotopic (exact) mass is 241 g/mol. The van der Waals surface area contributed by atoms with Crippen molar-refractivity contribution in [2.45, 2.75) is 31.8 Å². The van der Waals surface area contributed by atoms with E-state index in [4.69, 9.17) is 4.74 Å². The van der Waals surface area contributed by atoms with Crippen LogP contribution in [0.15, 0.2) is 0 Å². The van der Waals surface area contributed by atoms with Crippen molar-refractivity contribution in [1.29, 1.82) is 0 Å². The molecule has 5 heteroatoms. The van der Waals surface area contributed by atoms with Crippen LogP contribution < -0.4 is 10.6 Å². The standard InChI is InChI=1S/C12H23N3O2/c1-2-14-12(16)11-9-17-8-7-15(11)10-3-5-13-6-4-10/h10-11,13H,2-9H2,1H3,(H,14,16). The van der Waals surface area contributed by atoms with Crippen molar-refractivity contribution >= 4 is 5.91 Å². The number of piperidine rings is 1. The molecule has 1 amide bonds. The number of nitrogens with one attached hydrogen (secondary N) is 2. The number of amides is 1. The maximum Gasteiger partial charge on any atom is 0.239 e. The van der Waals surface area contributed by atoms with Gasteiger partial charge < -0.3 is 15.4 Å². The zero-order chi connectivity index (χ0) is 12.1. The number of carbonyl (C=O) groups excluding carboxylic acids is 1. The molecular formula is C12H23N3O2. The van der Waals surface area contributed by atoms with Crippen LogP contribution in [-0.2, 0) is 9.53 Å². The summed E-state index contributed by atoms with van der Waals surface area (Å²) in [6, 6.07) is 0.444. The van der Waals surface area contributed by atoms with Crippen LogP contribution in [0.3, 0.4) is 0 Å². The topological polar surface area (TPSA) is 53.6 Å². The van der Waals surface area contributed by atoms with E-state index in [0.29, 0.717) is 19.2 Å². The van der Waals surface area contributed by atoms with Crippen molar-refractivity contribution in [3.05, 3.63) is 0 Å². The van der Waals surface area contributed by atoms with Crippen molar-refractivity contribution in [1.82, 2.24) is 15.5 Å². The van der Waals surface area contributed by atoms with E-state index in [1.807, 2.05) is 6.92 Å². The number of ether oxygens (including phenoxy) is 1. The number of rotatable bonds is 3. The van der Waals surface area contributed by atoms with Crippen LogP contribution in [0.5, 0.6) is 0 Å². The van der Waals surface area contributed by atoms with Gasteiger partial charge >= 0.3 is 0 Å². The van der Waals surface area contributed by atoms with Crippen LogP contribution in [0, 0.1) is 0 Å². The maximum absolute atomic E-state index is 12.0.